The Kier molecular flexibility index (Phi) is 5.71. The van der Waals surface area contributed by atoms with E-state index in [0.717, 1.165) is 0 Å². The van der Waals surface area contributed by atoms with E-state index in [1.54, 1.807) is 54.5 Å². The van der Waals surface area contributed by atoms with Gasteiger partial charge >= 0.3 is 6.03 Å². The van der Waals surface area contributed by atoms with Gasteiger partial charge in [0.1, 0.15) is 0 Å². The summed E-state index contributed by atoms with van der Waals surface area (Å²) in [5.74, 6) is 1.04. The molecule has 1 aliphatic heterocycles. The standard InChI is InChI=1S/C19H20ClN3O4/c1-26-16-8-7-13(10-17(16)27-2)23-11-12(9-18(23)24)21-19(25)22-15-6-4-3-5-14(15)20/h3-8,10,12H,9,11H2,1-2H3,(H2,21,22,25)/t12-/m0/s1. The van der Waals surface area contributed by atoms with Crippen molar-refractivity contribution in [1.82, 2.24) is 5.32 Å². The summed E-state index contributed by atoms with van der Waals surface area (Å²) in [5.41, 5.74) is 1.20. The highest BCUT2D eigenvalue weighted by Crippen LogP contribution is 2.33. The molecule has 1 atom stereocenters. The number of benzene rings is 2. The minimum absolute atomic E-state index is 0.0785. The van der Waals surface area contributed by atoms with Crippen LogP contribution in [0.5, 0.6) is 11.5 Å². The van der Waals surface area contributed by atoms with E-state index in [-0.39, 0.29) is 18.4 Å². The van der Waals surface area contributed by atoms with Crippen LogP contribution in [0, 0.1) is 0 Å². The van der Waals surface area contributed by atoms with E-state index in [0.29, 0.717) is 34.4 Å². The van der Waals surface area contributed by atoms with Gasteiger partial charge in [-0.25, -0.2) is 4.79 Å². The highest BCUT2D eigenvalue weighted by atomic mass is 35.5. The number of halogens is 1. The van der Waals surface area contributed by atoms with Crippen molar-refractivity contribution < 1.29 is 19.1 Å². The van der Waals surface area contributed by atoms with Crippen LogP contribution in [-0.4, -0.2) is 38.7 Å². The average molecular weight is 390 g/mol. The summed E-state index contributed by atoms with van der Waals surface area (Å²) in [5, 5.41) is 5.95. The van der Waals surface area contributed by atoms with Gasteiger partial charge < -0.3 is 25.0 Å². The summed E-state index contributed by atoms with van der Waals surface area (Å²) in [4.78, 5) is 26.2. The maximum absolute atomic E-state index is 12.4. The highest BCUT2D eigenvalue weighted by Gasteiger charge is 2.32. The van der Waals surface area contributed by atoms with Crippen molar-refractivity contribution in [2.24, 2.45) is 0 Å². The van der Waals surface area contributed by atoms with Gasteiger partial charge in [0.15, 0.2) is 11.5 Å². The van der Waals surface area contributed by atoms with E-state index in [1.165, 1.54) is 7.11 Å². The van der Waals surface area contributed by atoms with Gasteiger partial charge in [-0.1, -0.05) is 23.7 Å². The van der Waals surface area contributed by atoms with Crippen LogP contribution in [0.1, 0.15) is 6.42 Å². The molecule has 0 aromatic heterocycles. The van der Waals surface area contributed by atoms with Crippen molar-refractivity contribution in [2.45, 2.75) is 12.5 Å². The van der Waals surface area contributed by atoms with E-state index in [1.807, 2.05) is 0 Å². The lowest BCUT2D eigenvalue weighted by Gasteiger charge is -2.19. The average Bonchev–Trinajstić information content (AvgIpc) is 3.03. The van der Waals surface area contributed by atoms with Gasteiger partial charge in [-0.15, -0.1) is 0 Å². The van der Waals surface area contributed by atoms with E-state index >= 15 is 0 Å². The minimum atomic E-state index is -0.407. The van der Waals surface area contributed by atoms with Gasteiger partial charge in [-0.2, -0.15) is 0 Å². The molecule has 142 valence electrons. The summed E-state index contributed by atoms with van der Waals surface area (Å²) < 4.78 is 10.5. The predicted octanol–water partition coefficient (Wildman–Crippen LogP) is 3.28. The summed E-state index contributed by atoms with van der Waals surface area (Å²) >= 11 is 6.04. The highest BCUT2D eigenvalue weighted by molar-refractivity contribution is 6.33. The van der Waals surface area contributed by atoms with Gasteiger partial charge in [0.25, 0.3) is 0 Å². The molecule has 2 aromatic carbocycles. The number of methoxy groups -OCH3 is 2. The van der Waals surface area contributed by atoms with Crippen molar-refractivity contribution in [1.29, 1.82) is 0 Å². The Morgan fingerprint density at radius 1 is 1.15 bits per heavy atom. The molecule has 0 radical (unpaired) electrons. The number of nitrogens with one attached hydrogen (secondary N) is 2. The molecule has 7 nitrogen and oxygen atoms in total. The molecule has 2 N–H and O–H groups in total. The van der Waals surface area contributed by atoms with Crippen LogP contribution in [0.2, 0.25) is 5.02 Å². The first-order valence-electron chi connectivity index (χ1n) is 8.36. The quantitative estimate of drug-likeness (QED) is 0.822. The summed E-state index contributed by atoms with van der Waals surface area (Å²) in [7, 11) is 3.09. The second kappa shape index (κ2) is 8.18. The smallest absolute Gasteiger partial charge is 0.319 e. The number of carbonyl (C=O) groups excluding carboxylic acids is 2. The zero-order valence-corrected chi connectivity index (χ0v) is 15.7. The molecule has 0 unspecified atom stereocenters. The number of anilines is 2. The van der Waals surface area contributed by atoms with Gasteiger partial charge in [0.05, 0.1) is 31.0 Å². The van der Waals surface area contributed by atoms with E-state index in [2.05, 4.69) is 10.6 Å². The molecule has 0 saturated carbocycles. The molecular formula is C19H20ClN3O4. The fourth-order valence-electron chi connectivity index (χ4n) is 2.95. The molecule has 1 heterocycles. The molecule has 2 aromatic rings. The Morgan fingerprint density at radius 2 is 1.89 bits per heavy atom. The molecular weight excluding hydrogens is 370 g/mol. The van der Waals surface area contributed by atoms with Gasteiger partial charge in [0.2, 0.25) is 5.91 Å². The Labute approximate surface area is 162 Å². The molecule has 0 bridgehead atoms. The lowest BCUT2D eigenvalue weighted by Crippen LogP contribution is -2.39. The van der Waals surface area contributed by atoms with Crippen LogP contribution in [0.15, 0.2) is 42.5 Å². The number of carbonyl (C=O) groups is 2. The van der Waals surface area contributed by atoms with Crippen LogP contribution >= 0.6 is 11.6 Å². The lowest BCUT2D eigenvalue weighted by molar-refractivity contribution is -0.117. The maximum Gasteiger partial charge on any atom is 0.319 e. The van der Waals surface area contributed by atoms with Gasteiger partial charge in [-0.3, -0.25) is 4.79 Å². The molecule has 0 aliphatic carbocycles. The number of hydrogen-bond donors (Lipinski definition) is 2. The fourth-order valence-corrected chi connectivity index (χ4v) is 3.14. The molecule has 0 spiro atoms. The van der Waals surface area contributed by atoms with Crippen molar-refractivity contribution >= 4 is 34.9 Å². The topological polar surface area (TPSA) is 79.9 Å². The fraction of sp³-hybridized carbons (Fsp3) is 0.263. The summed E-state index contributed by atoms with van der Waals surface area (Å²) in [6.07, 6.45) is 0.213. The Hall–Kier alpha value is -2.93. The van der Waals surface area contributed by atoms with Crippen molar-refractivity contribution in [3.05, 3.63) is 47.5 Å². The van der Waals surface area contributed by atoms with Crippen molar-refractivity contribution in [2.75, 3.05) is 31.0 Å². The van der Waals surface area contributed by atoms with Gasteiger partial charge in [-0.05, 0) is 24.3 Å². The zero-order chi connectivity index (χ0) is 19.4. The third-order valence-corrected chi connectivity index (χ3v) is 4.59. The first-order chi connectivity index (χ1) is 13.0. The minimum Gasteiger partial charge on any atom is -0.493 e. The lowest BCUT2D eigenvalue weighted by atomic mass is 10.2. The Balaban J connectivity index is 1.65. The number of amides is 3. The number of hydrogen-bond acceptors (Lipinski definition) is 4. The largest absolute Gasteiger partial charge is 0.493 e. The van der Waals surface area contributed by atoms with Crippen LogP contribution in [0.4, 0.5) is 16.2 Å². The molecule has 8 heteroatoms. The van der Waals surface area contributed by atoms with Crippen molar-refractivity contribution in [3.63, 3.8) is 0 Å². The Bertz CT molecular complexity index is 859. The third-order valence-electron chi connectivity index (χ3n) is 4.26. The molecule has 1 aliphatic rings. The molecule has 3 rings (SSSR count). The first kappa shape index (κ1) is 18.8. The molecule has 27 heavy (non-hydrogen) atoms. The Morgan fingerprint density at radius 3 is 2.59 bits per heavy atom. The number of nitrogens with zero attached hydrogens (tertiary/aromatic N) is 1. The maximum atomic E-state index is 12.4. The molecule has 1 saturated heterocycles. The normalized spacial score (nSPS) is 16.2. The van der Waals surface area contributed by atoms with E-state index in [9.17, 15) is 9.59 Å². The predicted molar refractivity (Wildman–Crippen MR) is 104 cm³/mol. The zero-order valence-electron chi connectivity index (χ0n) is 15.0. The van der Waals surface area contributed by atoms with E-state index < -0.39 is 6.03 Å². The van der Waals surface area contributed by atoms with Crippen LogP contribution in [0.3, 0.4) is 0 Å². The summed E-state index contributed by atoms with van der Waals surface area (Å²) in [6.45, 7) is 0.365. The second-order valence-electron chi connectivity index (χ2n) is 6.02. The first-order valence-corrected chi connectivity index (χ1v) is 8.74. The number of ether oxygens (including phenoxy) is 2. The van der Waals surface area contributed by atoms with E-state index in [4.69, 9.17) is 21.1 Å². The number of para-hydroxylation sites is 1. The van der Waals surface area contributed by atoms with Gasteiger partial charge in [0, 0.05) is 24.7 Å². The second-order valence-corrected chi connectivity index (χ2v) is 6.43. The van der Waals surface area contributed by atoms with Crippen LogP contribution in [0.25, 0.3) is 0 Å². The molecule has 3 amide bonds. The SMILES string of the molecule is COc1ccc(N2C[C@@H](NC(=O)Nc3ccccc3Cl)CC2=O)cc1OC. The third kappa shape index (κ3) is 4.25. The summed E-state index contributed by atoms with van der Waals surface area (Å²) in [6, 6.07) is 11.5. The number of rotatable bonds is 5. The monoisotopic (exact) mass is 389 g/mol. The van der Waals surface area contributed by atoms with Crippen LogP contribution in [-0.2, 0) is 4.79 Å². The number of urea groups is 1. The van der Waals surface area contributed by atoms with Crippen molar-refractivity contribution in [3.8, 4) is 11.5 Å². The molecule has 1 fully saturated rings. The van der Waals surface area contributed by atoms with Crippen LogP contribution < -0.4 is 25.0 Å².